The number of halogens is 1. The highest BCUT2D eigenvalue weighted by molar-refractivity contribution is 5.94. The number of nitrogens with zero attached hydrogens (tertiary/aromatic N) is 2. The van der Waals surface area contributed by atoms with Gasteiger partial charge in [-0.15, -0.1) is 0 Å². The Morgan fingerprint density at radius 2 is 2.08 bits per heavy atom. The molecule has 0 aliphatic carbocycles. The molecule has 132 valence electrons. The van der Waals surface area contributed by atoms with Crippen LogP contribution in [0.1, 0.15) is 35.7 Å². The van der Waals surface area contributed by atoms with Gasteiger partial charge in [0.1, 0.15) is 5.82 Å². The number of carbonyl (C=O) groups is 1. The average Bonchev–Trinajstić information content (AvgIpc) is 2.62. The molecule has 5 heteroatoms. The Kier molecular flexibility index (Phi) is 5.64. The minimum Gasteiger partial charge on any atom is -0.478 e. The Bertz CT molecular complexity index is 727. The fourth-order valence-corrected chi connectivity index (χ4v) is 3.29. The molecule has 0 N–H and O–H groups in total. The minimum atomic E-state index is -0.187. The number of hydrogen-bond acceptors (Lipinski definition) is 3. The van der Waals surface area contributed by atoms with Crippen LogP contribution in [-0.2, 0) is 6.42 Å². The quantitative estimate of drug-likeness (QED) is 0.832. The van der Waals surface area contributed by atoms with Crippen LogP contribution >= 0.6 is 0 Å². The first-order chi connectivity index (χ1) is 12.2. The van der Waals surface area contributed by atoms with Gasteiger partial charge in [-0.25, -0.2) is 9.37 Å². The van der Waals surface area contributed by atoms with Gasteiger partial charge >= 0.3 is 0 Å². The molecule has 0 spiro atoms. The lowest BCUT2D eigenvalue weighted by Gasteiger charge is -2.32. The smallest absolute Gasteiger partial charge is 0.254 e. The molecule has 0 radical (unpaired) electrons. The zero-order valence-corrected chi connectivity index (χ0v) is 14.5. The van der Waals surface area contributed by atoms with Crippen molar-refractivity contribution in [2.24, 2.45) is 5.92 Å². The van der Waals surface area contributed by atoms with E-state index in [1.807, 2.05) is 17.9 Å². The molecule has 1 amide bonds. The topological polar surface area (TPSA) is 42.4 Å². The lowest BCUT2D eigenvalue weighted by Crippen LogP contribution is -2.38. The number of hydrogen-bond donors (Lipinski definition) is 0. The van der Waals surface area contributed by atoms with Gasteiger partial charge in [-0.1, -0.05) is 12.1 Å². The van der Waals surface area contributed by atoms with Crippen LogP contribution < -0.4 is 4.74 Å². The number of carbonyl (C=O) groups excluding carboxylic acids is 1. The predicted molar refractivity (Wildman–Crippen MR) is 94.1 cm³/mol. The lowest BCUT2D eigenvalue weighted by atomic mass is 9.90. The second-order valence-corrected chi connectivity index (χ2v) is 6.39. The maximum absolute atomic E-state index is 13.3. The molecule has 0 unspecified atom stereocenters. The first-order valence-corrected chi connectivity index (χ1v) is 8.78. The molecule has 25 heavy (non-hydrogen) atoms. The molecular formula is C20H23FN2O2. The number of aromatic nitrogens is 1. The van der Waals surface area contributed by atoms with Crippen LogP contribution in [0.5, 0.6) is 5.88 Å². The van der Waals surface area contributed by atoms with E-state index in [2.05, 4.69) is 4.98 Å². The number of rotatable bonds is 5. The summed E-state index contributed by atoms with van der Waals surface area (Å²) in [6.07, 6.45) is 4.34. The second kappa shape index (κ2) is 8.10. The van der Waals surface area contributed by atoms with E-state index >= 15 is 0 Å². The summed E-state index contributed by atoms with van der Waals surface area (Å²) in [5.41, 5.74) is 1.64. The summed E-state index contributed by atoms with van der Waals surface area (Å²) in [4.78, 5) is 18.6. The van der Waals surface area contributed by atoms with Gasteiger partial charge < -0.3 is 9.64 Å². The summed E-state index contributed by atoms with van der Waals surface area (Å²) in [5, 5.41) is 0. The van der Waals surface area contributed by atoms with E-state index in [4.69, 9.17) is 4.74 Å². The van der Waals surface area contributed by atoms with Gasteiger partial charge in [0.15, 0.2) is 0 Å². The van der Waals surface area contributed by atoms with Crippen molar-refractivity contribution in [3.05, 3.63) is 59.5 Å². The summed E-state index contributed by atoms with van der Waals surface area (Å²) < 4.78 is 18.7. The number of benzene rings is 1. The normalized spacial score (nSPS) is 15.2. The third-order valence-corrected chi connectivity index (χ3v) is 4.59. The Morgan fingerprint density at radius 1 is 1.28 bits per heavy atom. The van der Waals surface area contributed by atoms with Crippen LogP contribution in [0.3, 0.4) is 0 Å². The van der Waals surface area contributed by atoms with Crippen molar-refractivity contribution in [2.75, 3.05) is 19.7 Å². The second-order valence-electron chi connectivity index (χ2n) is 6.39. The maximum atomic E-state index is 13.3. The van der Waals surface area contributed by atoms with E-state index < -0.39 is 0 Å². The molecule has 2 heterocycles. The number of ether oxygens (including phenoxy) is 1. The van der Waals surface area contributed by atoms with Crippen LogP contribution in [0.2, 0.25) is 0 Å². The highest BCUT2D eigenvalue weighted by Crippen LogP contribution is 2.23. The molecule has 0 bridgehead atoms. The summed E-state index contributed by atoms with van der Waals surface area (Å²) in [7, 11) is 0. The molecule has 1 aromatic carbocycles. The first-order valence-electron chi connectivity index (χ1n) is 8.78. The van der Waals surface area contributed by atoms with Crippen LogP contribution in [-0.4, -0.2) is 35.5 Å². The van der Waals surface area contributed by atoms with Crippen molar-refractivity contribution >= 4 is 5.91 Å². The van der Waals surface area contributed by atoms with Crippen LogP contribution in [0.15, 0.2) is 42.6 Å². The monoisotopic (exact) mass is 342 g/mol. The molecule has 4 nitrogen and oxygen atoms in total. The van der Waals surface area contributed by atoms with Crippen LogP contribution in [0.25, 0.3) is 0 Å². The SMILES string of the molecule is CCOc1cc(C(=O)N2CCC(Cc3cccc(F)c3)CC2)ccn1. The van der Waals surface area contributed by atoms with E-state index in [0.717, 1.165) is 37.9 Å². The van der Waals surface area contributed by atoms with Gasteiger partial charge in [-0.3, -0.25) is 4.79 Å². The Hall–Kier alpha value is -2.43. The first kappa shape index (κ1) is 17.4. The third-order valence-electron chi connectivity index (χ3n) is 4.59. The molecule has 1 aromatic heterocycles. The average molecular weight is 342 g/mol. The summed E-state index contributed by atoms with van der Waals surface area (Å²) in [5.74, 6) is 0.803. The molecule has 1 saturated heterocycles. The van der Waals surface area contributed by atoms with Crippen LogP contribution in [0.4, 0.5) is 4.39 Å². The van der Waals surface area contributed by atoms with Crippen molar-refractivity contribution in [2.45, 2.75) is 26.2 Å². The van der Waals surface area contributed by atoms with E-state index in [1.165, 1.54) is 6.07 Å². The van der Waals surface area contributed by atoms with E-state index in [0.29, 0.717) is 24.0 Å². The fraction of sp³-hybridized carbons (Fsp3) is 0.400. The molecular weight excluding hydrogens is 319 g/mol. The number of likely N-dealkylation sites (tertiary alicyclic amines) is 1. The number of piperidine rings is 1. The maximum Gasteiger partial charge on any atom is 0.254 e. The number of pyridine rings is 1. The summed E-state index contributed by atoms with van der Waals surface area (Å²) >= 11 is 0. The summed E-state index contributed by atoms with van der Waals surface area (Å²) in [6.45, 7) is 3.87. The molecule has 3 rings (SSSR count). The van der Waals surface area contributed by atoms with Crippen molar-refractivity contribution in [3.63, 3.8) is 0 Å². The van der Waals surface area contributed by atoms with E-state index in [1.54, 1.807) is 30.5 Å². The van der Waals surface area contributed by atoms with Gasteiger partial charge in [0.2, 0.25) is 5.88 Å². The van der Waals surface area contributed by atoms with Crippen molar-refractivity contribution in [3.8, 4) is 5.88 Å². The Labute approximate surface area is 147 Å². The zero-order valence-electron chi connectivity index (χ0n) is 14.5. The molecule has 0 atom stereocenters. The van der Waals surface area contributed by atoms with Gasteiger partial charge in [-0.2, -0.15) is 0 Å². The minimum absolute atomic E-state index is 0.0209. The third kappa shape index (κ3) is 4.56. The molecule has 1 aliphatic rings. The highest BCUT2D eigenvalue weighted by Gasteiger charge is 2.24. The Morgan fingerprint density at radius 3 is 2.80 bits per heavy atom. The molecule has 0 saturated carbocycles. The van der Waals surface area contributed by atoms with Gasteiger partial charge in [0.25, 0.3) is 5.91 Å². The van der Waals surface area contributed by atoms with Gasteiger partial charge in [0, 0.05) is 30.9 Å². The zero-order chi connectivity index (χ0) is 17.6. The number of amides is 1. The van der Waals surface area contributed by atoms with E-state index in [-0.39, 0.29) is 11.7 Å². The van der Waals surface area contributed by atoms with Gasteiger partial charge in [-0.05, 0) is 55.9 Å². The van der Waals surface area contributed by atoms with Crippen molar-refractivity contribution in [1.29, 1.82) is 0 Å². The molecule has 1 aliphatic heterocycles. The van der Waals surface area contributed by atoms with Gasteiger partial charge in [0.05, 0.1) is 6.61 Å². The Balaban J connectivity index is 1.56. The standard InChI is InChI=1S/C20H23FN2O2/c1-2-25-19-14-17(6-9-22-19)20(24)23-10-7-15(8-11-23)12-16-4-3-5-18(21)13-16/h3-6,9,13-15H,2,7-8,10-12H2,1H3. The predicted octanol–water partition coefficient (Wildman–Crippen LogP) is 3.71. The molecule has 2 aromatic rings. The van der Waals surface area contributed by atoms with E-state index in [9.17, 15) is 9.18 Å². The van der Waals surface area contributed by atoms with Crippen molar-refractivity contribution in [1.82, 2.24) is 9.88 Å². The molecule has 1 fully saturated rings. The lowest BCUT2D eigenvalue weighted by molar-refractivity contribution is 0.0690. The van der Waals surface area contributed by atoms with Crippen LogP contribution in [0, 0.1) is 11.7 Å². The fourth-order valence-electron chi connectivity index (χ4n) is 3.29. The van der Waals surface area contributed by atoms with Crippen molar-refractivity contribution < 1.29 is 13.9 Å². The highest BCUT2D eigenvalue weighted by atomic mass is 19.1. The largest absolute Gasteiger partial charge is 0.478 e. The summed E-state index contributed by atoms with van der Waals surface area (Å²) in [6, 6.07) is 10.2.